The van der Waals surface area contributed by atoms with Crippen LogP contribution < -0.4 is 5.73 Å². The van der Waals surface area contributed by atoms with Gasteiger partial charge >= 0.3 is 0 Å². The molecule has 1 aliphatic carbocycles. The van der Waals surface area contributed by atoms with Crippen molar-refractivity contribution >= 4 is 10.0 Å². The van der Waals surface area contributed by atoms with Crippen LogP contribution in [0.2, 0.25) is 0 Å². The Labute approximate surface area is 131 Å². The summed E-state index contributed by atoms with van der Waals surface area (Å²) in [6.45, 7) is 11.2. The molecule has 5 heteroatoms. The largest absolute Gasteiger partial charge is 0.329 e. The Hall–Kier alpha value is -0.130. The van der Waals surface area contributed by atoms with Gasteiger partial charge in [-0.3, -0.25) is 0 Å². The van der Waals surface area contributed by atoms with Gasteiger partial charge in [-0.15, -0.1) is 0 Å². The maximum atomic E-state index is 13.0. The van der Waals surface area contributed by atoms with Gasteiger partial charge < -0.3 is 5.73 Å². The molecule has 21 heavy (non-hydrogen) atoms. The highest BCUT2D eigenvalue weighted by atomic mass is 32.2. The van der Waals surface area contributed by atoms with E-state index in [4.69, 9.17) is 5.73 Å². The minimum atomic E-state index is -3.28. The highest BCUT2D eigenvalue weighted by Crippen LogP contribution is 2.38. The maximum absolute atomic E-state index is 13.0. The molecule has 1 fully saturated rings. The summed E-state index contributed by atoms with van der Waals surface area (Å²) in [4.78, 5) is 0. The van der Waals surface area contributed by atoms with Crippen molar-refractivity contribution in [1.82, 2.24) is 4.31 Å². The van der Waals surface area contributed by atoms with Crippen LogP contribution in [0.3, 0.4) is 0 Å². The summed E-state index contributed by atoms with van der Waals surface area (Å²) in [5.74, 6) is 0.871. The normalized spacial score (nSPS) is 28.0. The lowest BCUT2D eigenvalue weighted by Crippen LogP contribution is -2.59. The van der Waals surface area contributed by atoms with E-state index in [-0.39, 0.29) is 16.7 Å². The fraction of sp³-hybridized carbons (Fsp3) is 1.00. The lowest BCUT2D eigenvalue weighted by molar-refractivity contribution is 0.115. The fourth-order valence-electron chi connectivity index (χ4n) is 3.35. The summed E-state index contributed by atoms with van der Waals surface area (Å²) in [6, 6.07) is 0. The van der Waals surface area contributed by atoms with Crippen molar-refractivity contribution in [2.75, 3.05) is 18.8 Å². The first-order valence-corrected chi connectivity index (χ1v) is 9.88. The van der Waals surface area contributed by atoms with Crippen molar-refractivity contribution in [1.29, 1.82) is 0 Å². The van der Waals surface area contributed by atoms with Crippen LogP contribution in [0.15, 0.2) is 0 Å². The first-order chi connectivity index (χ1) is 9.56. The molecule has 0 unspecified atom stereocenters. The predicted molar refractivity (Wildman–Crippen MR) is 89.7 cm³/mol. The van der Waals surface area contributed by atoms with Crippen LogP contribution in [-0.2, 0) is 10.0 Å². The van der Waals surface area contributed by atoms with Gasteiger partial charge in [0.05, 0.1) is 5.75 Å². The summed E-state index contributed by atoms with van der Waals surface area (Å²) >= 11 is 0. The van der Waals surface area contributed by atoms with Crippen molar-refractivity contribution in [3.8, 4) is 0 Å². The van der Waals surface area contributed by atoms with Gasteiger partial charge in [-0.25, -0.2) is 8.42 Å². The molecule has 0 atom stereocenters. The predicted octanol–water partition coefficient (Wildman–Crippen LogP) is 2.98. The molecular formula is C16H34N2O2S. The first-order valence-electron chi connectivity index (χ1n) is 8.27. The van der Waals surface area contributed by atoms with Gasteiger partial charge in [0, 0.05) is 18.6 Å². The standard InChI is InChI=1S/C16H34N2O2S/c1-6-11-18(21(19,20)13-15(3,4)5)16(12-17)9-7-14(2)8-10-16/h14H,6-13,17H2,1-5H3. The molecule has 0 saturated heterocycles. The number of hydrogen-bond donors (Lipinski definition) is 1. The highest BCUT2D eigenvalue weighted by molar-refractivity contribution is 7.89. The Morgan fingerprint density at radius 2 is 1.76 bits per heavy atom. The summed E-state index contributed by atoms with van der Waals surface area (Å²) in [6.07, 6.45) is 4.77. The Balaban J connectivity index is 3.09. The molecule has 1 aliphatic rings. The molecule has 0 aromatic rings. The third kappa shape index (κ3) is 4.93. The molecule has 0 heterocycles. The van der Waals surface area contributed by atoms with E-state index in [1.807, 2.05) is 27.7 Å². The summed E-state index contributed by atoms with van der Waals surface area (Å²) in [5, 5.41) is 0. The summed E-state index contributed by atoms with van der Waals surface area (Å²) in [7, 11) is -3.28. The minimum absolute atomic E-state index is 0.192. The van der Waals surface area contributed by atoms with Crippen LogP contribution in [-0.4, -0.2) is 37.1 Å². The molecule has 0 aromatic carbocycles. The average Bonchev–Trinajstić information content (AvgIpc) is 2.35. The molecule has 1 saturated carbocycles. The van der Waals surface area contributed by atoms with Gasteiger partial charge in [0.2, 0.25) is 10.0 Å². The molecular weight excluding hydrogens is 284 g/mol. The maximum Gasteiger partial charge on any atom is 0.215 e. The molecule has 2 N–H and O–H groups in total. The van der Waals surface area contributed by atoms with Crippen molar-refractivity contribution in [3.05, 3.63) is 0 Å². The van der Waals surface area contributed by atoms with Crippen LogP contribution in [0.5, 0.6) is 0 Å². The quantitative estimate of drug-likeness (QED) is 0.819. The van der Waals surface area contributed by atoms with Gasteiger partial charge in [-0.1, -0.05) is 34.6 Å². The molecule has 1 rings (SSSR count). The van der Waals surface area contributed by atoms with Crippen LogP contribution in [0, 0.1) is 11.3 Å². The molecule has 0 bridgehead atoms. The van der Waals surface area contributed by atoms with E-state index in [0.717, 1.165) is 32.1 Å². The van der Waals surface area contributed by atoms with Gasteiger partial charge in [0.1, 0.15) is 0 Å². The van der Waals surface area contributed by atoms with Crippen LogP contribution >= 0.6 is 0 Å². The zero-order valence-electron chi connectivity index (χ0n) is 14.5. The van der Waals surface area contributed by atoms with Crippen LogP contribution in [0.1, 0.15) is 66.7 Å². The average molecular weight is 319 g/mol. The number of nitrogens with zero attached hydrogens (tertiary/aromatic N) is 1. The Morgan fingerprint density at radius 3 is 2.14 bits per heavy atom. The third-order valence-electron chi connectivity index (χ3n) is 4.49. The van der Waals surface area contributed by atoms with Gasteiger partial charge in [0.25, 0.3) is 0 Å². The number of hydrogen-bond acceptors (Lipinski definition) is 3. The monoisotopic (exact) mass is 318 g/mol. The second-order valence-electron chi connectivity index (χ2n) is 8.00. The second-order valence-corrected chi connectivity index (χ2v) is 9.89. The Morgan fingerprint density at radius 1 is 1.24 bits per heavy atom. The zero-order chi connectivity index (χ0) is 16.3. The lowest BCUT2D eigenvalue weighted by Gasteiger charge is -2.46. The first kappa shape index (κ1) is 18.9. The van der Waals surface area contributed by atoms with Crippen molar-refractivity contribution in [2.45, 2.75) is 72.3 Å². The molecule has 0 aromatic heterocycles. The van der Waals surface area contributed by atoms with E-state index < -0.39 is 10.0 Å². The fourth-order valence-corrected chi connectivity index (χ4v) is 5.91. The van der Waals surface area contributed by atoms with E-state index in [1.165, 1.54) is 0 Å². The topological polar surface area (TPSA) is 63.4 Å². The van der Waals surface area contributed by atoms with Gasteiger partial charge in [0.15, 0.2) is 0 Å². The van der Waals surface area contributed by atoms with E-state index in [2.05, 4.69) is 6.92 Å². The van der Waals surface area contributed by atoms with E-state index in [0.29, 0.717) is 19.0 Å². The Bertz CT molecular complexity index is 418. The highest BCUT2D eigenvalue weighted by Gasteiger charge is 2.44. The number of rotatable bonds is 6. The molecule has 0 radical (unpaired) electrons. The van der Waals surface area contributed by atoms with Crippen molar-refractivity contribution < 1.29 is 8.42 Å². The van der Waals surface area contributed by atoms with E-state index in [1.54, 1.807) is 4.31 Å². The SMILES string of the molecule is CCCN(C1(CN)CCC(C)CC1)S(=O)(=O)CC(C)(C)C. The lowest BCUT2D eigenvalue weighted by atomic mass is 9.77. The van der Waals surface area contributed by atoms with Crippen LogP contribution in [0.4, 0.5) is 0 Å². The van der Waals surface area contributed by atoms with E-state index >= 15 is 0 Å². The molecule has 126 valence electrons. The van der Waals surface area contributed by atoms with Crippen molar-refractivity contribution in [3.63, 3.8) is 0 Å². The molecule has 4 nitrogen and oxygen atoms in total. The molecule has 0 aliphatic heterocycles. The summed E-state index contributed by atoms with van der Waals surface area (Å²) < 4.78 is 27.7. The van der Waals surface area contributed by atoms with E-state index in [9.17, 15) is 8.42 Å². The third-order valence-corrected chi connectivity index (χ3v) is 6.96. The van der Waals surface area contributed by atoms with Gasteiger partial charge in [-0.2, -0.15) is 4.31 Å². The molecule has 0 amide bonds. The minimum Gasteiger partial charge on any atom is -0.329 e. The van der Waals surface area contributed by atoms with Crippen molar-refractivity contribution in [2.24, 2.45) is 17.1 Å². The van der Waals surface area contributed by atoms with Crippen LogP contribution in [0.25, 0.3) is 0 Å². The zero-order valence-corrected chi connectivity index (χ0v) is 15.3. The number of sulfonamides is 1. The summed E-state index contributed by atoms with van der Waals surface area (Å²) in [5.41, 5.74) is 5.48. The second kappa shape index (κ2) is 6.97. The Kier molecular flexibility index (Phi) is 6.28. The number of nitrogens with two attached hydrogens (primary N) is 1. The van der Waals surface area contributed by atoms with Gasteiger partial charge in [-0.05, 0) is 43.4 Å². The molecule has 0 spiro atoms. The smallest absolute Gasteiger partial charge is 0.215 e.